The summed E-state index contributed by atoms with van der Waals surface area (Å²) in [6, 6.07) is 9.78. The van der Waals surface area contributed by atoms with Crippen LogP contribution in [-0.4, -0.2) is 25.8 Å². The second-order valence-corrected chi connectivity index (χ2v) is 6.06. The first-order valence-electron chi connectivity index (χ1n) is 7.02. The van der Waals surface area contributed by atoms with E-state index in [-0.39, 0.29) is 5.78 Å². The molecule has 0 spiro atoms. The van der Waals surface area contributed by atoms with Crippen LogP contribution >= 0.6 is 11.8 Å². The highest BCUT2D eigenvalue weighted by atomic mass is 32.2. The summed E-state index contributed by atoms with van der Waals surface area (Å²) in [6.45, 7) is 0. The Morgan fingerprint density at radius 2 is 1.87 bits per heavy atom. The first-order chi connectivity index (χ1) is 11.1. The van der Waals surface area contributed by atoms with E-state index in [0.717, 1.165) is 10.5 Å². The van der Waals surface area contributed by atoms with Gasteiger partial charge in [0.25, 0.3) is 0 Å². The zero-order valence-corrected chi connectivity index (χ0v) is 13.6. The van der Waals surface area contributed by atoms with Crippen LogP contribution in [0.3, 0.4) is 0 Å². The van der Waals surface area contributed by atoms with Crippen LogP contribution in [0.5, 0.6) is 11.5 Å². The predicted molar refractivity (Wildman–Crippen MR) is 89.0 cm³/mol. The van der Waals surface area contributed by atoms with Crippen molar-refractivity contribution < 1.29 is 18.7 Å². The number of ether oxygens (including phenoxy) is 2. The van der Waals surface area contributed by atoms with Gasteiger partial charge in [-0.15, -0.1) is 11.8 Å². The van der Waals surface area contributed by atoms with E-state index in [4.69, 9.17) is 9.47 Å². The number of Topliss-reactive ketones (excluding diaryl/α,β-unsaturated/α-hetero) is 1. The number of benzene rings is 2. The lowest BCUT2D eigenvalue weighted by Gasteiger charge is -2.17. The van der Waals surface area contributed by atoms with E-state index in [1.54, 1.807) is 26.4 Å². The van der Waals surface area contributed by atoms with Gasteiger partial charge < -0.3 is 9.47 Å². The van der Waals surface area contributed by atoms with E-state index in [0.29, 0.717) is 28.4 Å². The minimum absolute atomic E-state index is 0.131. The molecule has 0 unspecified atom stereocenters. The molecule has 1 aliphatic heterocycles. The fourth-order valence-corrected chi connectivity index (χ4v) is 3.45. The summed E-state index contributed by atoms with van der Waals surface area (Å²) < 4.78 is 23.9. The number of halogens is 1. The van der Waals surface area contributed by atoms with E-state index in [2.05, 4.69) is 0 Å². The topological polar surface area (TPSA) is 35.5 Å². The summed E-state index contributed by atoms with van der Waals surface area (Å²) in [5, 5.41) is 0. The van der Waals surface area contributed by atoms with Gasteiger partial charge in [-0.3, -0.25) is 4.79 Å². The van der Waals surface area contributed by atoms with Crippen molar-refractivity contribution in [1.82, 2.24) is 0 Å². The molecule has 0 N–H and O–H groups in total. The average Bonchev–Trinajstić information content (AvgIpc) is 2.57. The number of hydrogen-bond acceptors (Lipinski definition) is 4. The Labute approximate surface area is 138 Å². The molecule has 2 aromatic carbocycles. The number of thioether (sulfide) groups is 1. The molecular weight excluding hydrogens is 315 g/mol. The molecule has 0 amide bonds. The molecule has 0 bridgehead atoms. The van der Waals surface area contributed by atoms with Crippen LogP contribution in [0.4, 0.5) is 4.39 Å². The first-order valence-corrected chi connectivity index (χ1v) is 8.00. The number of fused-ring (bicyclic) bond motifs is 1. The molecule has 23 heavy (non-hydrogen) atoms. The van der Waals surface area contributed by atoms with Gasteiger partial charge in [-0.1, -0.05) is 6.07 Å². The first kappa shape index (κ1) is 15.6. The van der Waals surface area contributed by atoms with Crippen LogP contribution in [0, 0.1) is 5.82 Å². The molecule has 0 aromatic heterocycles. The largest absolute Gasteiger partial charge is 0.493 e. The maximum absolute atomic E-state index is 13.4. The summed E-state index contributed by atoms with van der Waals surface area (Å²) in [4.78, 5) is 13.4. The molecule has 0 aliphatic carbocycles. The molecule has 118 valence electrons. The molecule has 0 radical (unpaired) electrons. The zero-order valence-electron chi connectivity index (χ0n) is 12.8. The zero-order chi connectivity index (χ0) is 16.4. The van der Waals surface area contributed by atoms with Crippen LogP contribution in [0.25, 0.3) is 6.08 Å². The monoisotopic (exact) mass is 330 g/mol. The van der Waals surface area contributed by atoms with Crippen LogP contribution in [0.2, 0.25) is 0 Å². The van der Waals surface area contributed by atoms with Crippen molar-refractivity contribution in [3.63, 3.8) is 0 Å². The maximum atomic E-state index is 13.4. The second-order valence-electron chi connectivity index (χ2n) is 5.04. The van der Waals surface area contributed by atoms with Crippen molar-refractivity contribution in [3.8, 4) is 11.5 Å². The summed E-state index contributed by atoms with van der Waals surface area (Å²) >= 11 is 1.53. The SMILES string of the molecule is COc1ccc(/C=C2\CSc3ccc(F)cc3C2=O)cc1OC. The Kier molecular flexibility index (Phi) is 4.39. The standard InChI is InChI=1S/C18H15FO3S/c1-21-15-5-3-11(8-16(15)22-2)7-12-10-23-17-6-4-13(19)9-14(17)18(12)20/h3-9H,10H2,1-2H3/b12-7+. The third-order valence-corrected chi connectivity index (χ3v) is 4.73. The Bertz CT molecular complexity index is 799. The molecule has 1 heterocycles. The molecule has 0 saturated heterocycles. The van der Waals surface area contributed by atoms with Crippen molar-refractivity contribution in [1.29, 1.82) is 0 Å². The van der Waals surface area contributed by atoms with Crippen molar-refractivity contribution in [3.05, 3.63) is 58.9 Å². The van der Waals surface area contributed by atoms with E-state index in [1.165, 1.54) is 23.9 Å². The Balaban J connectivity index is 1.96. The molecule has 0 fully saturated rings. The number of hydrogen-bond donors (Lipinski definition) is 0. The van der Waals surface area contributed by atoms with E-state index in [9.17, 15) is 9.18 Å². The molecule has 2 aromatic rings. The lowest BCUT2D eigenvalue weighted by Crippen LogP contribution is -2.12. The summed E-state index contributed by atoms with van der Waals surface area (Å²) in [5.74, 6) is 1.26. The normalized spacial score (nSPS) is 15.4. The van der Waals surface area contributed by atoms with Gasteiger partial charge in [0.1, 0.15) is 5.82 Å². The van der Waals surface area contributed by atoms with Gasteiger partial charge >= 0.3 is 0 Å². The van der Waals surface area contributed by atoms with Crippen LogP contribution in [-0.2, 0) is 0 Å². The summed E-state index contributed by atoms with van der Waals surface area (Å²) in [7, 11) is 3.14. The Morgan fingerprint density at radius 3 is 2.61 bits per heavy atom. The molecule has 3 nitrogen and oxygen atoms in total. The lowest BCUT2D eigenvalue weighted by molar-refractivity contribution is 0.103. The fraction of sp³-hybridized carbons (Fsp3) is 0.167. The van der Waals surface area contributed by atoms with Crippen LogP contribution in [0.15, 0.2) is 46.9 Å². The highest BCUT2D eigenvalue weighted by Crippen LogP contribution is 2.35. The maximum Gasteiger partial charge on any atom is 0.191 e. The summed E-state index contributed by atoms with van der Waals surface area (Å²) in [5.41, 5.74) is 1.90. The molecule has 0 atom stereocenters. The van der Waals surface area contributed by atoms with E-state index in [1.807, 2.05) is 18.2 Å². The third-order valence-electron chi connectivity index (χ3n) is 3.61. The van der Waals surface area contributed by atoms with Crippen LogP contribution in [0.1, 0.15) is 15.9 Å². The Morgan fingerprint density at radius 1 is 1.09 bits per heavy atom. The Hall–Kier alpha value is -2.27. The van der Waals surface area contributed by atoms with Crippen molar-refractivity contribution in [2.24, 2.45) is 0 Å². The number of methoxy groups -OCH3 is 2. The summed E-state index contributed by atoms with van der Waals surface area (Å²) in [6.07, 6.45) is 1.81. The van der Waals surface area contributed by atoms with Crippen molar-refractivity contribution >= 4 is 23.6 Å². The third kappa shape index (κ3) is 3.10. The number of ketones is 1. The minimum Gasteiger partial charge on any atom is -0.493 e. The molecule has 0 saturated carbocycles. The van der Waals surface area contributed by atoms with Gasteiger partial charge in [-0.25, -0.2) is 4.39 Å². The van der Waals surface area contributed by atoms with Crippen molar-refractivity contribution in [2.45, 2.75) is 4.90 Å². The number of carbonyl (C=O) groups is 1. The van der Waals surface area contributed by atoms with Crippen LogP contribution < -0.4 is 9.47 Å². The molecule has 5 heteroatoms. The lowest BCUT2D eigenvalue weighted by atomic mass is 10.0. The average molecular weight is 330 g/mol. The fourth-order valence-electron chi connectivity index (χ4n) is 2.45. The van der Waals surface area contributed by atoms with Crippen molar-refractivity contribution in [2.75, 3.05) is 20.0 Å². The smallest absolute Gasteiger partial charge is 0.191 e. The van der Waals surface area contributed by atoms with Gasteiger partial charge in [0.2, 0.25) is 0 Å². The number of rotatable bonds is 3. The highest BCUT2D eigenvalue weighted by Gasteiger charge is 2.23. The van der Waals surface area contributed by atoms with Gasteiger partial charge in [0.05, 0.1) is 14.2 Å². The molecule has 1 aliphatic rings. The molecular formula is C18H15FO3S. The minimum atomic E-state index is -0.398. The second kappa shape index (κ2) is 6.46. The van der Waals surface area contributed by atoms with Gasteiger partial charge in [-0.05, 0) is 42.0 Å². The van der Waals surface area contributed by atoms with E-state index < -0.39 is 5.82 Å². The quantitative estimate of drug-likeness (QED) is 0.790. The van der Waals surface area contributed by atoms with Gasteiger partial charge in [-0.2, -0.15) is 0 Å². The predicted octanol–water partition coefficient (Wildman–Crippen LogP) is 4.21. The number of carbonyl (C=O) groups excluding carboxylic acids is 1. The highest BCUT2D eigenvalue weighted by molar-refractivity contribution is 7.99. The molecule has 3 rings (SSSR count). The van der Waals surface area contributed by atoms with Gasteiger partial charge in [0, 0.05) is 21.8 Å². The van der Waals surface area contributed by atoms with E-state index >= 15 is 0 Å². The van der Waals surface area contributed by atoms with Gasteiger partial charge in [0.15, 0.2) is 17.3 Å².